The number of rotatable bonds is 5. The summed E-state index contributed by atoms with van der Waals surface area (Å²) in [6.07, 6.45) is 1.13. The number of carbonyl (C=O) groups excluding carboxylic acids is 1. The van der Waals surface area contributed by atoms with Gasteiger partial charge in [0.2, 0.25) is 0 Å². The van der Waals surface area contributed by atoms with Crippen molar-refractivity contribution >= 4 is 17.1 Å². The highest BCUT2D eigenvalue weighted by molar-refractivity contribution is 7.09. The number of benzene rings is 1. The summed E-state index contributed by atoms with van der Waals surface area (Å²) in [5.41, 5.74) is 8.50. The summed E-state index contributed by atoms with van der Waals surface area (Å²) in [6, 6.07) is 8.27. The van der Waals surface area contributed by atoms with Gasteiger partial charge in [-0.05, 0) is 23.1 Å². The second-order valence-electron chi connectivity index (χ2n) is 6.21. The monoisotopic (exact) mass is 302 g/mol. The zero-order valence-corrected chi connectivity index (χ0v) is 13.7. The van der Waals surface area contributed by atoms with E-state index in [1.165, 1.54) is 16.9 Å². The number of hydrogen-bond acceptors (Lipinski definition) is 4. The van der Waals surface area contributed by atoms with E-state index in [1.54, 1.807) is 0 Å². The van der Waals surface area contributed by atoms with E-state index in [-0.39, 0.29) is 11.2 Å². The maximum absolute atomic E-state index is 12.2. The van der Waals surface area contributed by atoms with Crippen LogP contribution in [-0.2, 0) is 18.3 Å². The molecule has 0 bridgehead atoms. The molecule has 0 aliphatic carbocycles. The molecule has 1 aromatic heterocycles. The molecule has 2 aromatic rings. The first kappa shape index (κ1) is 15.9. The fourth-order valence-corrected chi connectivity index (χ4v) is 2.89. The van der Waals surface area contributed by atoms with Crippen LogP contribution < -0.4 is 5.73 Å². The highest BCUT2D eigenvalue weighted by atomic mass is 32.1. The summed E-state index contributed by atoms with van der Waals surface area (Å²) in [7, 11) is 0. The predicted molar refractivity (Wildman–Crippen MR) is 88.0 cm³/mol. The van der Waals surface area contributed by atoms with Crippen molar-refractivity contribution in [2.24, 2.45) is 5.73 Å². The molecule has 0 amide bonds. The fraction of sp³-hybridized carbons (Fsp3) is 0.412. The lowest BCUT2D eigenvalue weighted by Crippen LogP contribution is -2.11. The predicted octanol–water partition coefficient (Wildman–Crippen LogP) is 3.37. The van der Waals surface area contributed by atoms with E-state index in [0.29, 0.717) is 18.7 Å². The van der Waals surface area contributed by atoms with Gasteiger partial charge in [0.25, 0.3) is 0 Å². The maximum atomic E-state index is 12.2. The van der Waals surface area contributed by atoms with Crippen molar-refractivity contribution in [2.75, 3.05) is 6.54 Å². The quantitative estimate of drug-likeness (QED) is 0.862. The highest BCUT2D eigenvalue weighted by Crippen LogP contribution is 2.22. The molecule has 4 heteroatoms. The SMILES string of the molecule is CC(C)(C)c1ccc(CC(=O)c2csc(CCN)n2)cc1. The van der Waals surface area contributed by atoms with Crippen LogP contribution in [-0.4, -0.2) is 17.3 Å². The van der Waals surface area contributed by atoms with E-state index in [2.05, 4.69) is 37.9 Å². The van der Waals surface area contributed by atoms with Gasteiger partial charge < -0.3 is 5.73 Å². The molecule has 21 heavy (non-hydrogen) atoms. The average molecular weight is 302 g/mol. The second kappa shape index (κ2) is 6.50. The highest BCUT2D eigenvalue weighted by Gasteiger charge is 2.15. The Labute approximate surface area is 130 Å². The summed E-state index contributed by atoms with van der Waals surface area (Å²) in [6.45, 7) is 7.11. The summed E-state index contributed by atoms with van der Waals surface area (Å²) >= 11 is 1.51. The van der Waals surface area contributed by atoms with Crippen molar-refractivity contribution in [3.8, 4) is 0 Å². The molecule has 2 rings (SSSR count). The van der Waals surface area contributed by atoms with Crippen LogP contribution >= 0.6 is 11.3 Å². The van der Waals surface area contributed by atoms with Crippen LogP contribution in [0.25, 0.3) is 0 Å². The van der Waals surface area contributed by atoms with Crippen LogP contribution in [0, 0.1) is 0 Å². The zero-order valence-electron chi connectivity index (χ0n) is 12.8. The summed E-state index contributed by atoms with van der Waals surface area (Å²) < 4.78 is 0. The number of thiazole rings is 1. The van der Waals surface area contributed by atoms with Gasteiger partial charge in [0, 0.05) is 18.2 Å². The Bertz CT molecular complexity index is 608. The summed E-state index contributed by atoms with van der Waals surface area (Å²) in [5.74, 6) is 0.0676. The van der Waals surface area contributed by atoms with Crippen molar-refractivity contribution in [3.05, 3.63) is 51.5 Å². The molecule has 0 aliphatic rings. The Kier molecular flexibility index (Phi) is 4.91. The summed E-state index contributed by atoms with van der Waals surface area (Å²) in [5, 5.41) is 2.76. The van der Waals surface area contributed by atoms with Gasteiger partial charge in [-0.2, -0.15) is 0 Å². The van der Waals surface area contributed by atoms with Crippen LogP contribution in [0.4, 0.5) is 0 Å². The van der Waals surface area contributed by atoms with E-state index in [9.17, 15) is 4.79 Å². The van der Waals surface area contributed by atoms with Gasteiger partial charge in [0.05, 0.1) is 5.01 Å². The molecule has 112 valence electrons. The molecule has 0 fully saturated rings. The van der Waals surface area contributed by atoms with Gasteiger partial charge in [-0.15, -0.1) is 11.3 Å². The van der Waals surface area contributed by atoms with Gasteiger partial charge in [-0.1, -0.05) is 45.0 Å². The van der Waals surface area contributed by atoms with Gasteiger partial charge in [-0.25, -0.2) is 4.98 Å². The fourth-order valence-electron chi connectivity index (χ4n) is 2.08. The molecule has 2 N–H and O–H groups in total. The third-order valence-electron chi connectivity index (χ3n) is 3.38. The molecule has 0 saturated heterocycles. The van der Waals surface area contributed by atoms with Crippen molar-refractivity contribution in [2.45, 2.75) is 39.0 Å². The van der Waals surface area contributed by atoms with Crippen molar-refractivity contribution in [1.82, 2.24) is 4.98 Å². The Morgan fingerprint density at radius 1 is 1.24 bits per heavy atom. The molecule has 3 nitrogen and oxygen atoms in total. The minimum absolute atomic E-state index is 0.0676. The standard InChI is InChI=1S/C17H22N2OS/c1-17(2,3)13-6-4-12(5-7-13)10-15(20)14-11-21-16(19-14)8-9-18/h4-7,11H,8-10,18H2,1-3H3. The van der Waals surface area contributed by atoms with Crippen LogP contribution in [0.2, 0.25) is 0 Å². The normalized spacial score (nSPS) is 11.6. The van der Waals surface area contributed by atoms with Crippen LogP contribution in [0.3, 0.4) is 0 Å². The minimum Gasteiger partial charge on any atom is -0.330 e. The number of Topliss-reactive ketones (excluding diaryl/α,β-unsaturated/α-hetero) is 1. The molecule has 1 heterocycles. The third kappa shape index (κ3) is 4.22. The number of ketones is 1. The van der Waals surface area contributed by atoms with Crippen LogP contribution in [0.5, 0.6) is 0 Å². The number of aromatic nitrogens is 1. The minimum atomic E-state index is 0.0676. The van der Waals surface area contributed by atoms with Crippen molar-refractivity contribution < 1.29 is 4.79 Å². The van der Waals surface area contributed by atoms with Gasteiger partial charge >= 0.3 is 0 Å². The number of carbonyl (C=O) groups is 1. The Hall–Kier alpha value is -1.52. The van der Waals surface area contributed by atoms with Crippen molar-refractivity contribution in [3.63, 3.8) is 0 Å². The number of nitrogens with zero attached hydrogens (tertiary/aromatic N) is 1. The lowest BCUT2D eigenvalue weighted by atomic mass is 9.86. The Morgan fingerprint density at radius 3 is 2.48 bits per heavy atom. The van der Waals surface area contributed by atoms with Crippen LogP contribution in [0.15, 0.2) is 29.6 Å². The first-order chi connectivity index (χ1) is 9.90. The summed E-state index contributed by atoms with van der Waals surface area (Å²) in [4.78, 5) is 16.6. The molecule has 0 atom stereocenters. The molecule has 0 unspecified atom stereocenters. The largest absolute Gasteiger partial charge is 0.330 e. The van der Waals surface area contributed by atoms with E-state index >= 15 is 0 Å². The smallest absolute Gasteiger partial charge is 0.186 e. The molecule has 0 saturated carbocycles. The average Bonchev–Trinajstić information content (AvgIpc) is 2.87. The second-order valence-corrected chi connectivity index (χ2v) is 7.15. The number of nitrogens with two attached hydrogens (primary N) is 1. The zero-order chi connectivity index (χ0) is 15.5. The molecule has 0 aliphatic heterocycles. The van der Waals surface area contributed by atoms with Crippen molar-refractivity contribution in [1.29, 1.82) is 0 Å². The van der Waals surface area contributed by atoms with Crippen LogP contribution in [0.1, 0.15) is 47.4 Å². The lowest BCUT2D eigenvalue weighted by Gasteiger charge is -2.19. The third-order valence-corrected chi connectivity index (χ3v) is 4.29. The maximum Gasteiger partial charge on any atom is 0.186 e. The molecular formula is C17H22N2OS. The molecule has 1 aromatic carbocycles. The number of hydrogen-bond donors (Lipinski definition) is 1. The van der Waals surface area contributed by atoms with E-state index in [0.717, 1.165) is 17.0 Å². The lowest BCUT2D eigenvalue weighted by molar-refractivity contribution is 0.0988. The van der Waals surface area contributed by atoms with E-state index in [4.69, 9.17) is 5.73 Å². The Morgan fingerprint density at radius 2 is 1.90 bits per heavy atom. The van der Waals surface area contributed by atoms with Gasteiger partial charge in [-0.3, -0.25) is 4.79 Å². The topological polar surface area (TPSA) is 56.0 Å². The molecular weight excluding hydrogens is 280 g/mol. The van der Waals surface area contributed by atoms with Gasteiger partial charge in [0.1, 0.15) is 5.69 Å². The molecule has 0 spiro atoms. The Balaban J connectivity index is 2.05. The first-order valence-electron chi connectivity index (χ1n) is 7.17. The molecule has 0 radical (unpaired) electrons. The van der Waals surface area contributed by atoms with E-state index in [1.807, 2.05) is 17.5 Å². The van der Waals surface area contributed by atoms with Gasteiger partial charge in [0.15, 0.2) is 5.78 Å². The first-order valence-corrected chi connectivity index (χ1v) is 8.05. The van der Waals surface area contributed by atoms with E-state index < -0.39 is 0 Å².